The standard InChI is InChI=1S/C18H21N7O4/c19-11-16(26)21-15-6-5-13(17(20)22-15)24-23-12-3-1-2-4-14(12)29-18(27)25-7-9-28-10-8-25/h1-6H,7-11,19H2,(H3,20,21,22,26)/b24-23+. The second-order valence-corrected chi connectivity index (χ2v) is 5.99. The highest BCUT2D eigenvalue weighted by molar-refractivity contribution is 5.91. The summed E-state index contributed by atoms with van der Waals surface area (Å²) in [4.78, 5) is 29.2. The Balaban J connectivity index is 1.72. The second kappa shape index (κ2) is 9.57. The first-order valence-electron chi connectivity index (χ1n) is 8.88. The van der Waals surface area contributed by atoms with E-state index in [4.69, 9.17) is 20.9 Å². The minimum atomic E-state index is -0.475. The summed E-state index contributed by atoms with van der Waals surface area (Å²) in [6.45, 7) is 1.73. The number of azo groups is 1. The van der Waals surface area contributed by atoms with Gasteiger partial charge in [0.1, 0.15) is 17.2 Å². The number of nitrogens with zero attached hydrogens (tertiary/aromatic N) is 4. The van der Waals surface area contributed by atoms with Crippen molar-refractivity contribution in [1.29, 1.82) is 0 Å². The van der Waals surface area contributed by atoms with Gasteiger partial charge in [0.25, 0.3) is 0 Å². The van der Waals surface area contributed by atoms with E-state index in [-0.39, 0.29) is 29.8 Å². The summed E-state index contributed by atoms with van der Waals surface area (Å²) in [7, 11) is 0. The zero-order valence-corrected chi connectivity index (χ0v) is 15.6. The molecule has 0 aliphatic carbocycles. The number of para-hydroxylation sites is 1. The molecule has 5 N–H and O–H groups in total. The highest BCUT2D eigenvalue weighted by Gasteiger charge is 2.19. The normalized spacial score (nSPS) is 14.0. The number of rotatable bonds is 5. The molecule has 152 valence electrons. The van der Waals surface area contributed by atoms with Gasteiger partial charge in [-0.05, 0) is 24.3 Å². The van der Waals surface area contributed by atoms with Crippen LogP contribution in [0, 0.1) is 0 Å². The number of nitrogens with one attached hydrogen (secondary N) is 1. The van der Waals surface area contributed by atoms with Crippen LogP contribution in [-0.4, -0.2) is 54.7 Å². The van der Waals surface area contributed by atoms with Gasteiger partial charge in [0.15, 0.2) is 11.6 Å². The van der Waals surface area contributed by atoms with Gasteiger partial charge in [-0.15, -0.1) is 10.2 Å². The molecule has 1 saturated heterocycles. The second-order valence-electron chi connectivity index (χ2n) is 5.99. The number of hydrogen-bond donors (Lipinski definition) is 3. The van der Waals surface area contributed by atoms with Gasteiger partial charge in [-0.1, -0.05) is 12.1 Å². The lowest BCUT2D eigenvalue weighted by Crippen LogP contribution is -2.42. The van der Waals surface area contributed by atoms with E-state index in [1.807, 2.05) is 0 Å². The fourth-order valence-electron chi connectivity index (χ4n) is 2.45. The van der Waals surface area contributed by atoms with Gasteiger partial charge in [-0.3, -0.25) is 4.79 Å². The zero-order valence-electron chi connectivity index (χ0n) is 15.6. The molecule has 0 spiro atoms. The molecule has 1 aromatic heterocycles. The predicted molar refractivity (Wildman–Crippen MR) is 105 cm³/mol. The van der Waals surface area contributed by atoms with Gasteiger partial charge in [-0.2, -0.15) is 0 Å². The van der Waals surface area contributed by atoms with Crippen LogP contribution in [0.3, 0.4) is 0 Å². The number of amides is 2. The number of ether oxygens (including phenoxy) is 2. The van der Waals surface area contributed by atoms with Crippen molar-refractivity contribution in [2.45, 2.75) is 0 Å². The molecular weight excluding hydrogens is 378 g/mol. The molecule has 0 unspecified atom stereocenters. The molecule has 11 heteroatoms. The zero-order chi connectivity index (χ0) is 20.6. The monoisotopic (exact) mass is 399 g/mol. The van der Waals surface area contributed by atoms with Crippen molar-refractivity contribution in [3.8, 4) is 5.75 Å². The van der Waals surface area contributed by atoms with Crippen molar-refractivity contribution in [1.82, 2.24) is 9.88 Å². The number of benzene rings is 1. The molecule has 2 aromatic rings. The van der Waals surface area contributed by atoms with Gasteiger partial charge < -0.3 is 31.2 Å². The highest BCUT2D eigenvalue weighted by atomic mass is 16.6. The Morgan fingerprint density at radius 1 is 1.14 bits per heavy atom. The molecule has 2 heterocycles. The number of carbonyl (C=O) groups excluding carboxylic acids is 2. The Morgan fingerprint density at radius 3 is 2.59 bits per heavy atom. The van der Waals surface area contributed by atoms with Gasteiger partial charge in [0, 0.05) is 13.1 Å². The summed E-state index contributed by atoms with van der Waals surface area (Å²) in [5.74, 6) is 0.219. The molecule has 1 aliphatic heterocycles. The molecule has 11 nitrogen and oxygen atoms in total. The Hall–Kier alpha value is -3.57. The van der Waals surface area contributed by atoms with E-state index in [1.165, 1.54) is 6.07 Å². The van der Waals surface area contributed by atoms with Crippen molar-refractivity contribution in [3.05, 3.63) is 36.4 Å². The highest BCUT2D eigenvalue weighted by Crippen LogP contribution is 2.31. The molecule has 0 atom stereocenters. The molecule has 1 aromatic carbocycles. The first-order chi connectivity index (χ1) is 14.1. The lowest BCUT2D eigenvalue weighted by Gasteiger charge is -2.25. The predicted octanol–water partition coefficient (Wildman–Crippen LogP) is 1.81. The van der Waals surface area contributed by atoms with Crippen LogP contribution in [0.5, 0.6) is 5.75 Å². The van der Waals surface area contributed by atoms with Crippen molar-refractivity contribution in [2.24, 2.45) is 16.0 Å². The van der Waals surface area contributed by atoms with Crippen LogP contribution in [-0.2, 0) is 9.53 Å². The summed E-state index contributed by atoms with van der Waals surface area (Å²) < 4.78 is 10.7. The average molecular weight is 399 g/mol. The van der Waals surface area contributed by atoms with Crippen LogP contribution in [0.25, 0.3) is 0 Å². The Bertz CT molecular complexity index is 913. The van der Waals surface area contributed by atoms with Crippen molar-refractivity contribution in [2.75, 3.05) is 43.9 Å². The SMILES string of the molecule is NCC(=O)Nc1ccc(/N=N/c2ccccc2OC(=O)N2CCOCC2)c(N)n1. The summed E-state index contributed by atoms with van der Waals surface area (Å²) in [6, 6.07) is 9.84. The van der Waals surface area contributed by atoms with E-state index in [0.717, 1.165) is 0 Å². The lowest BCUT2D eigenvalue weighted by atomic mass is 10.3. The minimum absolute atomic E-state index is 0.0753. The van der Waals surface area contributed by atoms with Gasteiger partial charge >= 0.3 is 6.09 Å². The third kappa shape index (κ3) is 5.46. The maximum Gasteiger partial charge on any atom is 0.415 e. The summed E-state index contributed by atoms with van der Waals surface area (Å²) >= 11 is 0. The number of nitrogen functional groups attached to an aromatic ring is 1. The quantitative estimate of drug-likeness (QED) is 0.647. The first kappa shape index (κ1) is 20.2. The van der Waals surface area contributed by atoms with E-state index in [2.05, 4.69) is 20.5 Å². The lowest BCUT2D eigenvalue weighted by molar-refractivity contribution is -0.114. The van der Waals surface area contributed by atoms with E-state index in [9.17, 15) is 9.59 Å². The maximum atomic E-state index is 12.3. The third-order valence-corrected chi connectivity index (χ3v) is 3.95. The molecule has 29 heavy (non-hydrogen) atoms. The summed E-state index contributed by atoms with van der Waals surface area (Å²) in [6.07, 6.45) is -0.475. The Labute approximate surface area is 166 Å². The number of nitrogens with two attached hydrogens (primary N) is 2. The van der Waals surface area contributed by atoms with Gasteiger partial charge in [-0.25, -0.2) is 9.78 Å². The Morgan fingerprint density at radius 2 is 1.86 bits per heavy atom. The number of anilines is 2. The van der Waals surface area contributed by atoms with Crippen LogP contribution in [0.4, 0.5) is 27.8 Å². The van der Waals surface area contributed by atoms with Crippen LogP contribution in [0.2, 0.25) is 0 Å². The number of morpholine rings is 1. The van der Waals surface area contributed by atoms with Crippen LogP contribution in [0.1, 0.15) is 0 Å². The molecule has 0 saturated carbocycles. The van der Waals surface area contributed by atoms with E-state index >= 15 is 0 Å². The fourth-order valence-corrected chi connectivity index (χ4v) is 2.45. The molecule has 1 aliphatic rings. The number of carbonyl (C=O) groups is 2. The minimum Gasteiger partial charge on any atom is -0.408 e. The van der Waals surface area contributed by atoms with Crippen LogP contribution in [0.15, 0.2) is 46.6 Å². The van der Waals surface area contributed by atoms with E-state index < -0.39 is 6.09 Å². The average Bonchev–Trinajstić information content (AvgIpc) is 2.74. The van der Waals surface area contributed by atoms with Gasteiger partial charge in [0.2, 0.25) is 5.91 Å². The molecule has 3 rings (SSSR count). The molecule has 2 amide bonds. The number of aromatic nitrogens is 1. The van der Waals surface area contributed by atoms with Crippen molar-refractivity contribution < 1.29 is 19.1 Å². The smallest absolute Gasteiger partial charge is 0.408 e. The van der Waals surface area contributed by atoms with Crippen LogP contribution < -0.4 is 21.5 Å². The molecular formula is C18H21N7O4. The fraction of sp³-hybridized carbons (Fsp3) is 0.278. The third-order valence-electron chi connectivity index (χ3n) is 3.95. The summed E-state index contributed by atoms with van der Waals surface area (Å²) in [5, 5.41) is 10.7. The van der Waals surface area contributed by atoms with Crippen LogP contribution >= 0.6 is 0 Å². The Kier molecular flexibility index (Phi) is 6.66. The van der Waals surface area contributed by atoms with E-state index in [0.29, 0.717) is 37.7 Å². The van der Waals surface area contributed by atoms with Gasteiger partial charge in [0.05, 0.1) is 19.8 Å². The number of pyridine rings is 1. The van der Waals surface area contributed by atoms with Crippen molar-refractivity contribution >= 4 is 35.0 Å². The number of hydrogen-bond acceptors (Lipinski definition) is 9. The maximum absolute atomic E-state index is 12.3. The first-order valence-corrected chi connectivity index (χ1v) is 8.88. The molecule has 1 fully saturated rings. The van der Waals surface area contributed by atoms with E-state index in [1.54, 1.807) is 35.2 Å². The molecule has 0 radical (unpaired) electrons. The molecule has 0 bridgehead atoms. The largest absolute Gasteiger partial charge is 0.415 e. The van der Waals surface area contributed by atoms with Crippen molar-refractivity contribution in [3.63, 3.8) is 0 Å². The summed E-state index contributed by atoms with van der Waals surface area (Å²) in [5.41, 5.74) is 11.8. The topological polar surface area (TPSA) is 158 Å².